The molecule has 2 rings (SSSR count). The maximum Gasteiger partial charge on any atom is 0.291 e. The highest BCUT2D eigenvalue weighted by molar-refractivity contribution is 9.10. The molecular weight excluding hydrogens is 360 g/mol. The van der Waals surface area contributed by atoms with E-state index in [0.29, 0.717) is 6.54 Å². The summed E-state index contributed by atoms with van der Waals surface area (Å²) in [5, 5.41) is 0. The smallest absolute Gasteiger partial charge is 0.291 e. The minimum absolute atomic E-state index is 0.253. The molecule has 0 saturated carbocycles. The zero-order chi connectivity index (χ0) is 17.1. The average molecular weight is 382 g/mol. The Balaban J connectivity index is 2.32. The lowest BCUT2D eigenvalue weighted by atomic mass is 9.90. The van der Waals surface area contributed by atoms with E-state index in [9.17, 15) is 14.4 Å². The summed E-state index contributed by atoms with van der Waals surface area (Å²) in [6, 6.07) is 6.96. The summed E-state index contributed by atoms with van der Waals surface area (Å²) in [5.41, 5.74) is 0.824. The molecule has 1 saturated heterocycles. The van der Waals surface area contributed by atoms with E-state index >= 15 is 0 Å². The molecule has 1 aromatic rings. The van der Waals surface area contributed by atoms with Crippen LogP contribution in [0.4, 0.5) is 0 Å². The number of ketones is 2. The largest absolute Gasteiger partial charge is 0.340 e. The van der Waals surface area contributed by atoms with E-state index in [1.807, 2.05) is 38.4 Å². The predicted molar refractivity (Wildman–Crippen MR) is 90.1 cm³/mol. The molecule has 23 heavy (non-hydrogen) atoms. The average Bonchev–Trinajstić information content (AvgIpc) is 2.72. The summed E-state index contributed by atoms with van der Waals surface area (Å²) < 4.78 is 0.916. The Kier molecular flexibility index (Phi) is 5.70. The predicted octanol–water partition coefficient (Wildman–Crippen LogP) is 0.641. The summed E-state index contributed by atoms with van der Waals surface area (Å²) in [6.45, 7) is 2.77. The van der Waals surface area contributed by atoms with E-state index in [1.165, 1.54) is 11.8 Å². The Morgan fingerprint density at radius 3 is 2.35 bits per heavy atom. The maximum absolute atomic E-state index is 12.4. The summed E-state index contributed by atoms with van der Waals surface area (Å²) in [5.74, 6) is -2.26. The van der Waals surface area contributed by atoms with Crippen LogP contribution in [0.25, 0.3) is 0 Å². The summed E-state index contributed by atoms with van der Waals surface area (Å²) in [4.78, 5) is 39.5. The van der Waals surface area contributed by atoms with Gasteiger partial charge in [-0.1, -0.05) is 28.1 Å². The summed E-state index contributed by atoms with van der Waals surface area (Å²) in [6.07, 6.45) is 0.791. The van der Waals surface area contributed by atoms with Gasteiger partial charge in [-0.05, 0) is 24.6 Å². The van der Waals surface area contributed by atoms with Gasteiger partial charge in [-0.15, -0.1) is 0 Å². The third-order valence-electron chi connectivity index (χ3n) is 4.13. The number of hydrogen-bond donors (Lipinski definition) is 1. The van der Waals surface area contributed by atoms with Crippen molar-refractivity contribution in [1.29, 1.82) is 0 Å². The molecule has 2 atom stereocenters. The van der Waals surface area contributed by atoms with Crippen LogP contribution in [0.2, 0.25) is 0 Å². The van der Waals surface area contributed by atoms with Gasteiger partial charge in [0.05, 0.1) is 26.7 Å². The van der Waals surface area contributed by atoms with E-state index in [-0.39, 0.29) is 5.78 Å². The van der Waals surface area contributed by atoms with E-state index < -0.39 is 23.7 Å². The fourth-order valence-electron chi connectivity index (χ4n) is 3.01. The zero-order valence-electron chi connectivity index (χ0n) is 13.6. The second-order valence-electron chi connectivity index (χ2n) is 6.26. The van der Waals surface area contributed by atoms with E-state index in [4.69, 9.17) is 0 Å². The van der Waals surface area contributed by atoms with Gasteiger partial charge in [0.2, 0.25) is 5.78 Å². The monoisotopic (exact) mass is 381 g/mol. The summed E-state index contributed by atoms with van der Waals surface area (Å²) >= 11 is 3.38. The van der Waals surface area contributed by atoms with Crippen LogP contribution in [-0.2, 0) is 14.4 Å². The molecule has 124 valence electrons. The van der Waals surface area contributed by atoms with Gasteiger partial charge < -0.3 is 9.80 Å². The first kappa shape index (κ1) is 17.8. The Labute approximate surface area is 144 Å². The van der Waals surface area contributed by atoms with Crippen LogP contribution in [0.15, 0.2) is 28.7 Å². The van der Waals surface area contributed by atoms with E-state index in [2.05, 4.69) is 15.9 Å². The molecular formula is C17H22BrN2O3+. The first-order chi connectivity index (χ1) is 10.8. The van der Waals surface area contributed by atoms with Crippen molar-refractivity contribution in [3.63, 3.8) is 0 Å². The second kappa shape index (κ2) is 7.36. The number of quaternary nitrogens is 1. The zero-order valence-corrected chi connectivity index (χ0v) is 15.2. The summed E-state index contributed by atoms with van der Waals surface area (Å²) in [7, 11) is 4.09. The molecule has 0 aromatic heterocycles. The molecule has 1 aliphatic rings. The third-order valence-corrected chi connectivity index (χ3v) is 4.66. The van der Waals surface area contributed by atoms with Crippen LogP contribution >= 0.6 is 15.9 Å². The molecule has 1 heterocycles. The van der Waals surface area contributed by atoms with Gasteiger partial charge in [-0.25, -0.2) is 0 Å². The molecule has 2 unspecified atom stereocenters. The third kappa shape index (κ3) is 3.87. The van der Waals surface area contributed by atoms with Gasteiger partial charge in [0.15, 0.2) is 0 Å². The van der Waals surface area contributed by atoms with Gasteiger partial charge >= 0.3 is 0 Å². The van der Waals surface area contributed by atoms with Crippen molar-refractivity contribution in [1.82, 2.24) is 4.90 Å². The molecule has 0 spiro atoms. The molecule has 0 aliphatic carbocycles. The van der Waals surface area contributed by atoms with Crippen molar-refractivity contribution < 1.29 is 19.3 Å². The molecule has 1 amide bonds. The lowest BCUT2D eigenvalue weighted by Gasteiger charge is -2.27. The SMILES string of the molecule is CC(=O)C1C(=O)C(=O)N(CCC[NH+](C)C)C1c1ccc(Br)cc1. The van der Waals surface area contributed by atoms with Crippen LogP contribution in [0.3, 0.4) is 0 Å². The fourth-order valence-corrected chi connectivity index (χ4v) is 3.27. The highest BCUT2D eigenvalue weighted by Gasteiger charge is 2.49. The van der Waals surface area contributed by atoms with Crippen molar-refractivity contribution in [2.24, 2.45) is 5.92 Å². The number of amides is 1. The minimum Gasteiger partial charge on any atom is -0.340 e. The Bertz CT molecular complexity index is 613. The molecule has 1 N–H and O–H groups in total. The van der Waals surface area contributed by atoms with Gasteiger partial charge in [0.25, 0.3) is 5.91 Å². The number of nitrogens with zero attached hydrogens (tertiary/aromatic N) is 1. The molecule has 5 nitrogen and oxygen atoms in total. The highest BCUT2D eigenvalue weighted by atomic mass is 79.9. The van der Waals surface area contributed by atoms with Crippen molar-refractivity contribution in [2.75, 3.05) is 27.2 Å². The number of carbonyl (C=O) groups excluding carboxylic acids is 3. The van der Waals surface area contributed by atoms with Gasteiger partial charge in [-0.2, -0.15) is 0 Å². The Morgan fingerprint density at radius 2 is 1.83 bits per heavy atom. The molecule has 1 aromatic carbocycles. The van der Waals surface area contributed by atoms with E-state index in [1.54, 1.807) is 4.90 Å². The minimum atomic E-state index is -0.893. The number of nitrogens with one attached hydrogen (secondary N) is 1. The fraction of sp³-hybridized carbons (Fsp3) is 0.471. The van der Waals surface area contributed by atoms with Crippen LogP contribution in [0.5, 0.6) is 0 Å². The first-order valence-corrected chi connectivity index (χ1v) is 8.52. The van der Waals surface area contributed by atoms with Crippen molar-refractivity contribution in [3.05, 3.63) is 34.3 Å². The van der Waals surface area contributed by atoms with Crippen LogP contribution in [-0.4, -0.2) is 49.6 Å². The number of benzene rings is 1. The van der Waals surface area contributed by atoms with Gasteiger partial charge in [0.1, 0.15) is 11.7 Å². The number of carbonyl (C=O) groups is 3. The number of likely N-dealkylation sites (tertiary alicyclic amines) is 1. The number of Topliss-reactive ketones (excluding diaryl/α,β-unsaturated/α-hetero) is 2. The van der Waals surface area contributed by atoms with Crippen LogP contribution in [0.1, 0.15) is 24.9 Å². The van der Waals surface area contributed by atoms with Crippen molar-refractivity contribution in [2.45, 2.75) is 19.4 Å². The standard InChI is InChI=1S/C17H21BrN2O3/c1-11(21)14-15(12-5-7-13(18)8-6-12)20(17(23)16(14)22)10-4-9-19(2)3/h5-8,14-15H,4,9-10H2,1-3H3/p+1. The lowest BCUT2D eigenvalue weighted by molar-refractivity contribution is -0.858. The molecule has 1 fully saturated rings. The normalized spacial score (nSPS) is 21.3. The van der Waals surface area contributed by atoms with E-state index in [0.717, 1.165) is 23.0 Å². The topological polar surface area (TPSA) is 58.9 Å². The number of hydrogen-bond acceptors (Lipinski definition) is 3. The second-order valence-corrected chi connectivity index (χ2v) is 7.17. The number of halogens is 1. The van der Waals surface area contributed by atoms with Crippen molar-refractivity contribution in [3.8, 4) is 0 Å². The highest BCUT2D eigenvalue weighted by Crippen LogP contribution is 2.37. The quantitative estimate of drug-likeness (QED) is 0.581. The van der Waals surface area contributed by atoms with Gasteiger partial charge in [-0.3, -0.25) is 14.4 Å². The molecule has 0 radical (unpaired) electrons. The maximum atomic E-state index is 12.4. The first-order valence-electron chi connectivity index (χ1n) is 7.72. The van der Waals surface area contributed by atoms with Crippen LogP contribution in [0, 0.1) is 5.92 Å². The van der Waals surface area contributed by atoms with Gasteiger partial charge in [0, 0.05) is 17.4 Å². The number of rotatable bonds is 6. The molecule has 1 aliphatic heterocycles. The van der Waals surface area contributed by atoms with Crippen molar-refractivity contribution >= 4 is 33.4 Å². The molecule has 0 bridgehead atoms. The molecule has 6 heteroatoms. The Morgan fingerprint density at radius 1 is 1.22 bits per heavy atom. The Hall–Kier alpha value is -1.53. The lowest BCUT2D eigenvalue weighted by Crippen LogP contribution is -3.05. The van der Waals surface area contributed by atoms with Crippen LogP contribution < -0.4 is 4.90 Å².